The Morgan fingerprint density at radius 1 is 1.30 bits per heavy atom. The van der Waals surface area contributed by atoms with E-state index in [4.69, 9.17) is 0 Å². The molecule has 0 spiro atoms. The lowest BCUT2D eigenvalue weighted by molar-refractivity contribution is -0.218. The predicted octanol–water partition coefficient (Wildman–Crippen LogP) is 2.52. The van der Waals surface area contributed by atoms with Crippen molar-refractivity contribution in [2.45, 2.75) is 31.7 Å². The Labute approximate surface area is 115 Å². The summed E-state index contributed by atoms with van der Waals surface area (Å²) in [4.78, 5) is 13.3. The molecule has 3 nitrogen and oxygen atoms in total. The van der Waals surface area contributed by atoms with Gasteiger partial charge in [-0.1, -0.05) is 30.3 Å². The Morgan fingerprint density at radius 2 is 1.90 bits per heavy atom. The van der Waals surface area contributed by atoms with Crippen LogP contribution in [-0.4, -0.2) is 34.7 Å². The van der Waals surface area contributed by atoms with E-state index in [2.05, 4.69) is 0 Å². The molecule has 0 saturated carbocycles. The van der Waals surface area contributed by atoms with Crippen molar-refractivity contribution >= 4 is 5.91 Å². The van der Waals surface area contributed by atoms with Gasteiger partial charge in [0.05, 0.1) is 6.04 Å². The van der Waals surface area contributed by atoms with Crippen LogP contribution in [0.25, 0.3) is 0 Å². The number of aliphatic hydroxyl groups is 1. The molecule has 2 rings (SSSR count). The minimum absolute atomic E-state index is 0.0738. The molecule has 1 amide bonds. The second-order valence-corrected chi connectivity index (χ2v) is 5.08. The number of carbonyl (C=O) groups excluding carboxylic acids is 1. The number of hydrogen-bond acceptors (Lipinski definition) is 2. The summed E-state index contributed by atoms with van der Waals surface area (Å²) in [7, 11) is 0. The van der Waals surface area contributed by atoms with Crippen molar-refractivity contribution in [3.63, 3.8) is 0 Å². The van der Waals surface area contributed by atoms with Crippen molar-refractivity contribution in [2.24, 2.45) is 5.92 Å². The highest BCUT2D eigenvalue weighted by Gasteiger charge is 2.48. The van der Waals surface area contributed by atoms with Crippen LogP contribution in [-0.2, 0) is 4.79 Å². The van der Waals surface area contributed by atoms with Crippen molar-refractivity contribution < 1.29 is 23.1 Å². The monoisotopic (exact) mass is 287 g/mol. The summed E-state index contributed by atoms with van der Waals surface area (Å²) in [6.07, 6.45) is -7.39. The molecule has 1 aliphatic rings. The van der Waals surface area contributed by atoms with Crippen LogP contribution in [0.3, 0.4) is 0 Å². The summed E-state index contributed by atoms with van der Waals surface area (Å²) in [6.45, 7) is 1.70. The van der Waals surface area contributed by atoms with Gasteiger partial charge in [0, 0.05) is 18.9 Å². The second kappa shape index (κ2) is 5.44. The molecular formula is C14H16F3NO2. The maximum Gasteiger partial charge on any atom is 0.414 e. The molecular weight excluding hydrogens is 271 g/mol. The van der Waals surface area contributed by atoms with Gasteiger partial charge in [0.25, 0.3) is 0 Å². The van der Waals surface area contributed by atoms with Crippen LogP contribution in [0, 0.1) is 5.92 Å². The molecule has 1 aliphatic heterocycles. The van der Waals surface area contributed by atoms with Crippen LogP contribution >= 0.6 is 0 Å². The SMILES string of the molecule is C[C@H](c1ccccc1)N1CC(C(O)C(F)(F)F)CC1=O. The standard InChI is InChI=1S/C14H16F3NO2/c1-9(10-5-3-2-4-6-10)18-8-11(7-12(18)19)13(20)14(15,16)17/h2-6,9,11,13,20H,7-8H2,1H3/t9-,11?,13?/m1/s1. The molecule has 1 N–H and O–H groups in total. The third-order valence-electron chi connectivity index (χ3n) is 3.72. The van der Waals surface area contributed by atoms with Gasteiger partial charge < -0.3 is 10.0 Å². The first-order valence-electron chi connectivity index (χ1n) is 6.40. The number of aliphatic hydroxyl groups excluding tert-OH is 1. The van der Waals surface area contributed by atoms with E-state index in [0.717, 1.165) is 5.56 Å². The molecule has 1 aromatic carbocycles. The number of hydrogen-bond donors (Lipinski definition) is 1. The Bertz CT molecular complexity index is 475. The van der Waals surface area contributed by atoms with Crippen LogP contribution in [0.2, 0.25) is 0 Å². The van der Waals surface area contributed by atoms with Crippen LogP contribution in [0.4, 0.5) is 13.2 Å². The van der Waals surface area contributed by atoms with Crippen molar-refractivity contribution in [3.8, 4) is 0 Å². The zero-order valence-electron chi connectivity index (χ0n) is 11.0. The highest BCUT2D eigenvalue weighted by atomic mass is 19.4. The molecule has 0 aliphatic carbocycles. The fourth-order valence-corrected chi connectivity index (χ4v) is 2.52. The molecule has 1 aromatic rings. The molecule has 0 bridgehead atoms. The molecule has 0 aromatic heterocycles. The number of likely N-dealkylation sites (tertiary alicyclic amines) is 1. The molecule has 6 heteroatoms. The molecule has 2 unspecified atom stereocenters. The number of alkyl halides is 3. The number of carbonyl (C=O) groups is 1. The summed E-state index contributed by atoms with van der Waals surface area (Å²) in [5, 5.41) is 9.27. The van der Waals surface area contributed by atoms with Crippen molar-refractivity contribution in [1.29, 1.82) is 0 Å². The molecule has 1 fully saturated rings. The maximum atomic E-state index is 12.5. The van der Waals surface area contributed by atoms with Crippen LogP contribution in [0.1, 0.15) is 24.9 Å². The number of benzene rings is 1. The highest BCUT2D eigenvalue weighted by Crippen LogP contribution is 2.35. The lowest BCUT2D eigenvalue weighted by Gasteiger charge is -2.26. The van der Waals surface area contributed by atoms with Crippen LogP contribution in [0.15, 0.2) is 30.3 Å². The van der Waals surface area contributed by atoms with E-state index in [1.54, 1.807) is 6.92 Å². The van der Waals surface area contributed by atoms with Gasteiger partial charge in [0.2, 0.25) is 5.91 Å². The Balaban J connectivity index is 2.10. The molecule has 0 radical (unpaired) electrons. The van der Waals surface area contributed by atoms with Crippen molar-refractivity contribution in [1.82, 2.24) is 4.90 Å². The maximum absolute atomic E-state index is 12.5. The Morgan fingerprint density at radius 3 is 2.45 bits per heavy atom. The number of halogens is 3. The first kappa shape index (κ1) is 14.8. The lowest BCUT2D eigenvalue weighted by atomic mass is 10.0. The first-order chi connectivity index (χ1) is 9.30. The highest BCUT2D eigenvalue weighted by molar-refractivity contribution is 5.79. The van der Waals surface area contributed by atoms with Gasteiger partial charge in [-0.05, 0) is 12.5 Å². The van der Waals surface area contributed by atoms with Gasteiger partial charge in [0.15, 0.2) is 6.10 Å². The largest absolute Gasteiger partial charge is 0.414 e. The predicted molar refractivity (Wildman–Crippen MR) is 66.7 cm³/mol. The molecule has 3 atom stereocenters. The normalized spacial score (nSPS) is 22.9. The zero-order chi connectivity index (χ0) is 14.9. The van der Waals surface area contributed by atoms with Crippen molar-refractivity contribution in [3.05, 3.63) is 35.9 Å². The van der Waals surface area contributed by atoms with Crippen LogP contribution in [0.5, 0.6) is 0 Å². The fraction of sp³-hybridized carbons (Fsp3) is 0.500. The van der Waals surface area contributed by atoms with E-state index in [9.17, 15) is 23.1 Å². The zero-order valence-corrected chi connectivity index (χ0v) is 11.0. The lowest BCUT2D eigenvalue weighted by Crippen LogP contribution is -2.37. The van der Waals surface area contributed by atoms with Gasteiger partial charge >= 0.3 is 6.18 Å². The van der Waals surface area contributed by atoms with Crippen LogP contribution < -0.4 is 0 Å². The van der Waals surface area contributed by atoms with Gasteiger partial charge in [-0.15, -0.1) is 0 Å². The Hall–Kier alpha value is -1.56. The number of rotatable bonds is 3. The summed E-state index contributed by atoms with van der Waals surface area (Å²) >= 11 is 0. The molecule has 1 heterocycles. The Kier molecular flexibility index (Phi) is 4.04. The summed E-state index contributed by atoms with van der Waals surface area (Å²) < 4.78 is 37.5. The van der Waals surface area contributed by atoms with Gasteiger partial charge in [-0.3, -0.25) is 4.79 Å². The average molecular weight is 287 g/mol. The van der Waals surface area contributed by atoms with Gasteiger partial charge in [0.1, 0.15) is 0 Å². The van der Waals surface area contributed by atoms with Gasteiger partial charge in [-0.25, -0.2) is 0 Å². The molecule has 20 heavy (non-hydrogen) atoms. The first-order valence-corrected chi connectivity index (χ1v) is 6.40. The summed E-state index contributed by atoms with van der Waals surface area (Å²) in [5.41, 5.74) is 0.864. The van der Waals surface area contributed by atoms with E-state index in [1.807, 2.05) is 30.3 Å². The number of nitrogens with zero attached hydrogens (tertiary/aromatic N) is 1. The number of amides is 1. The van der Waals surface area contributed by atoms with E-state index in [0.29, 0.717) is 0 Å². The topological polar surface area (TPSA) is 40.5 Å². The van der Waals surface area contributed by atoms with E-state index in [-0.39, 0.29) is 24.9 Å². The third-order valence-corrected chi connectivity index (χ3v) is 3.72. The van der Waals surface area contributed by atoms with E-state index >= 15 is 0 Å². The third kappa shape index (κ3) is 2.95. The smallest absolute Gasteiger partial charge is 0.383 e. The van der Waals surface area contributed by atoms with Crippen molar-refractivity contribution in [2.75, 3.05) is 6.54 Å². The van der Waals surface area contributed by atoms with E-state index < -0.39 is 18.2 Å². The fourth-order valence-electron chi connectivity index (χ4n) is 2.52. The minimum atomic E-state index is -4.68. The molecule has 110 valence electrons. The second-order valence-electron chi connectivity index (χ2n) is 5.08. The van der Waals surface area contributed by atoms with E-state index in [1.165, 1.54) is 4.90 Å². The average Bonchev–Trinajstić information content (AvgIpc) is 2.79. The quantitative estimate of drug-likeness (QED) is 0.928. The summed E-state index contributed by atoms with van der Waals surface area (Å²) in [6, 6.07) is 8.81. The summed E-state index contributed by atoms with van der Waals surface area (Å²) in [5.74, 6) is -1.44. The van der Waals surface area contributed by atoms with Gasteiger partial charge in [-0.2, -0.15) is 13.2 Å². The molecule has 1 saturated heterocycles. The minimum Gasteiger partial charge on any atom is -0.383 e.